The van der Waals surface area contributed by atoms with Crippen LogP contribution in [-0.2, 0) is 6.54 Å². The van der Waals surface area contributed by atoms with E-state index in [0.717, 1.165) is 24.4 Å². The third-order valence-corrected chi connectivity index (χ3v) is 5.56. The van der Waals surface area contributed by atoms with Gasteiger partial charge in [-0.2, -0.15) is 0 Å². The van der Waals surface area contributed by atoms with Crippen LogP contribution < -0.4 is 5.32 Å². The highest BCUT2D eigenvalue weighted by Crippen LogP contribution is 2.24. The van der Waals surface area contributed by atoms with Gasteiger partial charge in [0.05, 0.1) is 12.2 Å². The molecule has 1 atom stereocenters. The van der Waals surface area contributed by atoms with Crippen molar-refractivity contribution in [3.05, 3.63) is 35.8 Å². The van der Waals surface area contributed by atoms with Crippen LogP contribution in [-0.4, -0.2) is 56.9 Å². The van der Waals surface area contributed by atoms with Crippen molar-refractivity contribution in [2.45, 2.75) is 51.7 Å². The van der Waals surface area contributed by atoms with E-state index in [0.29, 0.717) is 18.6 Å². The van der Waals surface area contributed by atoms with Gasteiger partial charge in [-0.1, -0.05) is 6.42 Å². The maximum Gasteiger partial charge on any atom is 0.317 e. The number of nitrogens with one attached hydrogen (secondary N) is 1. The van der Waals surface area contributed by atoms with Gasteiger partial charge < -0.3 is 14.6 Å². The second-order valence-corrected chi connectivity index (χ2v) is 7.50. The van der Waals surface area contributed by atoms with Crippen LogP contribution in [0.25, 0.3) is 5.65 Å². The first-order valence-electron chi connectivity index (χ1n) is 9.33. The Morgan fingerprint density at radius 2 is 2.20 bits per heavy atom. The number of imidazole rings is 1. The van der Waals surface area contributed by atoms with Gasteiger partial charge in [0.15, 0.2) is 0 Å². The largest absolute Gasteiger partial charge is 0.332 e. The van der Waals surface area contributed by atoms with E-state index in [4.69, 9.17) is 0 Å². The highest BCUT2D eigenvalue weighted by Gasteiger charge is 2.37. The van der Waals surface area contributed by atoms with Gasteiger partial charge in [0, 0.05) is 37.6 Å². The number of pyridine rings is 1. The third kappa shape index (κ3) is 3.35. The number of likely N-dealkylation sites (tertiary alicyclic amines) is 2. The van der Waals surface area contributed by atoms with Gasteiger partial charge >= 0.3 is 6.03 Å². The quantitative estimate of drug-likeness (QED) is 0.933. The summed E-state index contributed by atoms with van der Waals surface area (Å²) in [7, 11) is 0. The van der Waals surface area contributed by atoms with Crippen LogP contribution in [0.1, 0.15) is 37.4 Å². The predicted octanol–water partition coefficient (Wildman–Crippen LogP) is 2.41. The number of aromatic nitrogens is 2. The van der Waals surface area contributed by atoms with E-state index < -0.39 is 0 Å². The number of hydrogen-bond donors (Lipinski definition) is 1. The van der Waals surface area contributed by atoms with Crippen molar-refractivity contribution < 1.29 is 4.79 Å². The average molecular weight is 341 g/mol. The summed E-state index contributed by atoms with van der Waals surface area (Å²) in [6, 6.07) is 5.32. The molecule has 2 aliphatic rings. The summed E-state index contributed by atoms with van der Waals surface area (Å²) in [5, 5.41) is 3.00. The molecule has 2 saturated heterocycles. The smallest absolute Gasteiger partial charge is 0.317 e. The molecule has 6 heteroatoms. The van der Waals surface area contributed by atoms with Crippen molar-refractivity contribution in [3.63, 3.8) is 0 Å². The van der Waals surface area contributed by atoms with Crippen molar-refractivity contribution >= 4 is 11.7 Å². The summed E-state index contributed by atoms with van der Waals surface area (Å²) >= 11 is 0. The SMILES string of the molecule is Cc1ccn2cc(CNC(=O)N3CC(N4CCCC[C@H]4C)C3)nc2c1. The van der Waals surface area contributed by atoms with Gasteiger partial charge in [-0.15, -0.1) is 0 Å². The summed E-state index contributed by atoms with van der Waals surface area (Å²) in [6.45, 7) is 7.72. The van der Waals surface area contributed by atoms with Crippen LogP contribution >= 0.6 is 0 Å². The molecular weight excluding hydrogens is 314 g/mol. The van der Waals surface area contributed by atoms with Crippen LogP contribution in [0.2, 0.25) is 0 Å². The number of rotatable bonds is 3. The highest BCUT2D eigenvalue weighted by molar-refractivity contribution is 5.75. The van der Waals surface area contributed by atoms with Gasteiger partial charge in [0.1, 0.15) is 5.65 Å². The number of piperidine rings is 1. The van der Waals surface area contributed by atoms with Gasteiger partial charge in [0.25, 0.3) is 0 Å². The normalized spacial score (nSPS) is 22.2. The molecule has 2 aromatic heterocycles. The molecule has 0 bridgehead atoms. The minimum atomic E-state index is 0.0224. The molecule has 2 aromatic rings. The molecule has 134 valence electrons. The minimum Gasteiger partial charge on any atom is -0.332 e. The van der Waals surface area contributed by atoms with E-state index in [2.05, 4.69) is 35.1 Å². The monoisotopic (exact) mass is 341 g/mol. The number of urea groups is 1. The van der Waals surface area contributed by atoms with Crippen LogP contribution in [0.15, 0.2) is 24.5 Å². The zero-order chi connectivity index (χ0) is 17.4. The molecule has 0 spiro atoms. The lowest BCUT2D eigenvalue weighted by atomic mass is 9.98. The first-order valence-corrected chi connectivity index (χ1v) is 9.33. The Morgan fingerprint density at radius 3 is 3.00 bits per heavy atom. The minimum absolute atomic E-state index is 0.0224. The van der Waals surface area contributed by atoms with Crippen molar-refractivity contribution in [2.75, 3.05) is 19.6 Å². The van der Waals surface area contributed by atoms with Crippen molar-refractivity contribution in [3.8, 4) is 0 Å². The molecular formula is C19H27N5O. The molecule has 2 amide bonds. The molecule has 0 aliphatic carbocycles. The van der Waals surface area contributed by atoms with Gasteiger partial charge in [-0.05, 0) is 50.9 Å². The zero-order valence-corrected chi connectivity index (χ0v) is 15.1. The lowest BCUT2D eigenvalue weighted by Crippen LogP contribution is -2.64. The maximum atomic E-state index is 12.3. The molecule has 6 nitrogen and oxygen atoms in total. The average Bonchev–Trinajstić information content (AvgIpc) is 2.95. The predicted molar refractivity (Wildman–Crippen MR) is 97.5 cm³/mol. The molecule has 4 heterocycles. The number of carbonyl (C=O) groups is 1. The Balaban J connectivity index is 1.28. The Bertz CT molecular complexity index is 764. The van der Waals surface area contributed by atoms with E-state index in [1.165, 1.54) is 31.4 Å². The summed E-state index contributed by atoms with van der Waals surface area (Å²) in [6.07, 6.45) is 7.90. The molecule has 0 saturated carbocycles. The Hall–Kier alpha value is -2.08. The summed E-state index contributed by atoms with van der Waals surface area (Å²) < 4.78 is 1.99. The first-order chi connectivity index (χ1) is 12.1. The molecule has 0 radical (unpaired) electrons. The second kappa shape index (κ2) is 6.67. The van der Waals surface area contributed by atoms with Crippen molar-refractivity contribution in [1.29, 1.82) is 0 Å². The molecule has 4 rings (SSSR count). The highest BCUT2D eigenvalue weighted by atomic mass is 16.2. The number of fused-ring (bicyclic) bond motifs is 1. The summed E-state index contributed by atoms with van der Waals surface area (Å²) in [4.78, 5) is 21.4. The zero-order valence-electron chi connectivity index (χ0n) is 15.1. The fourth-order valence-corrected chi connectivity index (χ4v) is 3.99. The van der Waals surface area contributed by atoms with Gasteiger partial charge in [0.2, 0.25) is 0 Å². The number of amides is 2. The van der Waals surface area contributed by atoms with Crippen molar-refractivity contribution in [1.82, 2.24) is 24.5 Å². The second-order valence-electron chi connectivity index (χ2n) is 7.50. The molecule has 0 aromatic carbocycles. The van der Waals surface area contributed by atoms with E-state index in [1.54, 1.807) is 0 Å². The molecule has 2 fully saturated rings. The Kier molecular flexibility index (Phi) is 4.37. The molecule has 2 aliphatic heterocycles. The fourth-order valence-electron chi connectivity index (χ4n) is 3.99. The van der Waals surface area contributed by atoms with E-state index in [-0.39, 0.29) is 6.03 Å². The van der Waals surface area contributed by atoms with E-state index >= 15 is 0 Å². The van der Waals surface area contributed by atoms with Crippen molar-refractivity contribution in [2.24, 2.45) is 0 Å². The fraction of sp³-hybridized carbons (Fsp3) is 0.579. The third-order valence-electron chi connectivity index (χ3n) is 5.56. The standard InChI is InChI=1S/C19H27N5O/c1-14-6-8-22-11-16(21-18(22)9-14)10-20-19(25)23-12-17(13-23)24-7-4-3-5-15(24)2/h6,8-9,11,15,17H,3-5,7,10,12-13H2,1-2H3,(H,20,25)/t15-/m1/s1. The topological polar surface area (TPSA) is 52.9 Å². The summed E-state index contributed by atoms with van der Waals surface area (Å²) in [5.74, 6) is 0. The Morgan fingerprint density at radius 1 is 1.36 bits per heavy atom. The number of carbonyl (C=O) groups excluding carboxylic acids is 1. The molecule has 1 N–H and O–H groups in total. The maximum absolute atomic E-state index is 12.3. The summed E-state index contributed by atoms with van der Waals surface area (Å²) in [5.41, 5.74) is 3.00. The lowest BCUT2D eigenvalue weighted by Gasteiger charge is -2.49. The van der Waals surface area contributed by atoms with E-state index in [1.807, 2.05) is 27.8 Å². The van der Waals surface area contributed by atoms with Gasteiger partial charge in [-0.25, -0.2) is 9.78 Å². The van der Waals surface area contributed by atoms with Gasteiger partial charge in [-0.3, -0.25) is 4.90 Å². The number of nitrogens with zero attached hydrogens (tertiary/aromatic N) is 4. The number of hydrogen-bond acceptors (Lipinski definition) is 3. The van der Waals surface area contributed by atoms with Crippen LogP contribution in [0.3, 0.4) is 0 Å². The number of aryl methyl sites for hydroxylation is 1. The van der Waals surface area contributed by atoms with Crippen LogP contribution in [0.5, 0.6) is 0 Å². The first kappa shape index (κ1) is 16.4. The van der Waals surface area contributed by atoms with Crippen LogP contribution in [0, 0.1) is 6.92 Å². The lowest BCUT2D eigenvalue weighted by molar-refractivity contribution is 0.0169. The Labute approximate surface area is 148 Å². The van der Waals surface area contributed by atoms with E-state index in [9.17, 15) is 4.79 Å². The molecule has 0 unspecified atom stereocenters. The van der Waals surface area contributed by atoms with Crippen LogP contribution in [0.4, 0.5) is 4.79 Å². The molecule has 25 heavy (non-hydrogen) atoms.